The van der Waals surface area contributed by atoms with Crippen LogP contribution in [0.25, 0.3) is 0 Å². The van der Waals surface area contributed by atoms with Crippen molar-refractivity contribution < 1.29 is 4.74 Å². The molecule has 1 aromatic rings. The van der Waals surface area contributed by atoms with Gasteiger partial charge >= 0.3 is 0 Å². The van der Waals surface area contributed by atoms with Crippen molar-refractivity contribution in [2.45, 2.75) is 13.3 Å². The van der Waals surface area contributed by atoms with Gasteiger partial charge in [-0.25, -0.2) is 0 Å². The maximum atomic E-state index is 5.89. The van der Waals surface area contributed by atoms with Gasteiger partial charge in [0.25, 0.3) is 0 Å². The summed E-state index contributed by atoms with van der Waals surface area (Å²) in [7, 11) is 2.18. The van der Waals surface area contributed by atoms with Crippen LogP contribution in [0.2, 0.25) is 0 Å². The van der Waals surface area contributed by atoms with Crippen LogP contribution in [0.3, 0.4) is 0 Å². The maximum absolute atomic E-state index is 5.89. The lowest BCUT2D eigenvalue weighted by molar-refractivity contribution is 0.199. The minimum Gasteiger partial charge on any atom is -0.493 e. The quantitative estimate of drug-likeness (QED) is 0.865. The number of rotatable bonds is 5. The lowest BCUT2D eigenvalue weighted by Gasteiger charge is -2.22. The molecule has 100 valence electrons. The van der Waals surface area contributed by atoms with Crippen LogP contribution in [0.5, 0.6) is 5.75 Å². The van der Waals surface area contributed by atoms with Crippen molar-refractivity contribution in [3.05, 3.63) is 29.8 Å². The third-order valence-electron chi connectivity index (χ3n) is 3.85. The van der Waals surface area contributed by atoms with Crippen molar-refractivity contribution in [2.75, 3.05) is 33.3 Å². The normalized spacial score (nSPS) is 22.1. The molecule has 2 N–H and O–H groups in total. The van der Waals surface area contributed by atoms with Crippen LogP contribution < -0.4 is 10.5 Å². The van der Waals surface area contributed by atoms with Gasteiger partial charge in [-0.15, -0.1) is 0 Å². The van der Waals surface area contributed by atoms with Crippen molar-refractivity contribution in [1.29, 1.82) is 0 Å². The molecule has 2 unspecified atom stereocenters. The zero-order valence-electron chi connectivity index (χ0n) is 11.4. The first kappa shape index (κ1) is 13.4. The van der Waals surface area contributed by atoms with Crippen molar-refractivity contribution in [1.82, 2.24) is 4.90 Å². The van der Waals surface area contributed by atoms with Crippen molar-refractivity contribution in [2.24, 2.45) is 17.6 Å². The summed E-state index contributed by atoms with van der Waals surface area (Å²) in [5.41, 5.74) is 7.13. The van der Waals surface area contributed by atoms with E-state index in [1.807, 2.05) is 12.1 Å². The molecule has 0 bridgehead atoms. The molecule has 1 fully saturated rings. The zero-order chi connectivity index (χ0) is 13.0. The standard InChI is InChI=1S/C15H24N2O/c1-12-4-3-5-15(8-12)18-11-14(9-16)13-6-7-17(2)10-13/h3-5,8,13-14H,6-7,9-11,16H2,1-2H3. The summed E-state index contributed by atoms with van der Waals surface area (Å²) < 4.78 is 5.89. The van der Waals surface area contributed by atoms with Crippen molar-refractivity contribution in [3.8, 4) is 5.75 Å². The molecule has 1 saturated heterocycles. The largest absolute Gasteiger partial charge is 0.493 e. The molecule has 1 heterocycles. The van der Waals surface area contributed by atoms with Crippen LogP contribution in [-0.4, -0.2) is 38.2 Å². The summed E-state index contributed by atoms with van der Waals surface area (Å²) in [6, 6.07) is 8.21. The first-order chi connectivity index (χ1) is 8.69. The fourth-order valence-electron chi connectivity index (χ4n) is 2.66. The second kappa shape index (κ2) is 6.21. The van der Waals surface area contributed by atoms with E-state index in [-0.39, 0.29) is 0 Å². The molecule has 0 aliphatic carbocycles. The summed E-state index contributed by atoms with van der Waals surface area (Å²) in [5, 5.41) is 0. The minimum atomic E-state index is 0.468. The summed E-state index contributed by atoms with van der Waals surface area (Å²) in [4.78, 5) is 2.37. The molecule has 3 heteroatoms. The fraction of sp³-hybridized carbons (Fsp3) is 0.600. The molecule has 2 rings (SSSR count). The predicted molar refractivity (Wildman–Crippen MR) is 74.8 cm³/mol. The highest BCUT2D eigenvalue weighted by Crippen LogP contribution is 2.24. The number of ether oxygens (including phenoxy) is 1. The Balaban J connectivity index is 1.87. The maximum Gasteiger partial charge on any atom is 0.119 e. The van der Waals surface area contributed by atoms with Gasteiger partial charge in [0, 0.05) is 12.5 Å². The Kier molecular flexibility index (Phi) is 4.61. The average molecular weight is 248 g/mol. The lowest BCUT2D eigenvalue weighted by atomic mass is 9.92. The number of nitrogens with two attached hydrogens (primary N) is 1. The van der Waals surface area contributed by atoms with Gasteiger partial charge < -0.3 is 15.4 Å². The van der Waals surface area contributed by atoms with E-state index in [4.69, 9.17) is 10.5 Å². The van der Waals surface area contributed by atoms with Gasteiger partial charge in [-0.3, -0.25) is 0 Å². The molecule has 0 amide bonds. The van der Waals surface area contributed by atoms with Gasteiger partial charge in [-0.05, 0) is 57.1 Å². The minimum absolute atomic E-state index is 0.468. The van der Waals surface area contributed by atoms with Gasteiger partial charge in [-0.2, -0.15) is 0 Å². The Morgan fingerprint density at radius 2 is 2.33 bits per heavy atom. The third-order valence-corrected chi connectivity index (χ3v) is 3.85. The number of benzene rings is 1. The van der Waals surface area contributed by atoms with Gasteiger partial charge in [-0.1, -0.05) is 12.1 Å². The molecule has 0 radical (unpaired) electrons. The highest BCUT2D eigenvalue weighted by atomic mass is 16.5. The van der Waals surface area contributed by atoms with Gasteiger partial charge in [0.05, 0.1) is 6.61 Å². The first-order valence-corrected chi connectivity index (χ1v) is 6.77. The molecule has 1 aromatic carbocycles. The molecule has 1 aliphatic heterocycles. The van der Waals surface area contributed by atoms with E-state index in [1.165, 1.54) is 18.5 Å². The summed E-state index contributed by atoms with van der Waals surface area (Å²) >= 11 is 0. The van der Waals surface area contributed by atoms with E-state index in [9.17, 15) is 0 Å². The molecule has 0 saturated carbocycles. The summed E-state index contributed by atoms with van der Waals surface area (Å²) in [5.74, 6) is 2.11. The average Bonchev–Trinajstić information content (AvgIpc) is 2.77. The van der Waals surface area contributed by atoms with Crippen LogP contribution in [0.1, 0.15) is 12.0 Å². The summed E-state index contributed by atoms with van der Waals surface area (Å²) in [6.07, 6.45) is 1.25. The van der Waals surface area contributed by atoms with E-state index in [1.54, 1.807) is 0 Å². The second-order valence-electron chi connectivity index (χ2n) is 5.43. The Bertz CT molecular complexity index is 381. The predicted octanol–water partition coefficient (Wildman–Crippen LogP) is 1.90. The van der Waals surface area contributed by atoms with Crippen molar-refractivity contribution >= 4 is 0 Å². The topological polar surface area (TPSA) is 38.5 Å². The monoisotopic (exact) mass is 248 g/mol. The number of aryl methyl sites for hydroxylation is 1. The highest BCUT2D eigenvalue weighted by molar-refractivity contribution is 5.27. The molecule has 0 spiro atoms. The van der Waals surface area contributed by atoms with E-state index < -0.39 is 0 Å². The Morgan fingerprint density at radius 1 is 1.50 bits per heavy atom. The van der Waals surface area contributed by atoms with Crippen LogP contribution in [0.15, 0.2) is 24.3 Å². The molecular weight excluding hydrogens is 224 g/mol. The Morgan fingerprint density at radius 3 is 2.94 bits per heavy atom. The second-order valence-corrected chi connectivity index (χ2v) is 5.43. The number of nitrogens with zero attached hydrogens (tertiary/aromatic N) is 1. The first-order valence-electron chi connectivity index (χ1n) is 6.77. The smallest absolute Gasteiger partial charge is 0.119 e. The number of hydrogen-bond acceptors (Lipinski definition) is 3. The summed E-state index contributed by atoms with van der Waals surface area (Å²) in [6.45, 7) is 5.87. The van der Waals surface area contributed by atoms with E-state index in [0.717, 1.165) is 18.9 Å². The third kappa shape index (κ3) is 3.47. The molecule has 18 heavy (non-hydrogen) atoms. The van der Waals surface area contributed by atoms with E-state index in [0.29, 0.717) is 18.4 Å². The fourth-order valence-corrected chi connectivity index (χ4v) is 2.66. The Hall–Kier alpha value is -1.06. The Labute approximate surface area is 110 Å². The van der Waals surface area contributed by atoms with Crippen LogP contribution in [0, 0.1) is 18.8 Å². The van der Waals surface area contributed by atoms with E-state index >= 15 is 0 Å². The van der Waals surface area contributed by atoms with E-state index in [2.05, 4.69) is 31.0 Å². The zero-order valence-corrected chi connectivity index (χ0v) is 11.4. The lowest BCUT2D eigenvalue weighted by Crippen LogP contribution is -2.30. The van der Waals surface area contributed by atoms with Gasteiger partial charge in [0.1, 0.15) is 5.75 Å². The van der Waals surface area contributed by atoms with Crippen LogP contribution >= 0.6 is 0 Å². The van der Waals surface area contributed by atoms with Crippen molar-refractivity contribution in [3.63, 3.8) is 0 Å². The van der Waals surface area contributed by atoms with Gasteiger partial charge in [0.2, 0.25) is 0 Å². The number of hydrogen-bond donors (Lipinski definition) is 1. The molecular formula is C15H24N2O. The molecule has 2 atom stereocenters. The molecule has 3 nitrogen and oxygen atoms in total. The van der Waals surface area contributed by atoms with Crippen LogP contribution in [-0.2, 0) is 0 Å². The number of likely N-dealkylation sites (tertiary alicyclic amines) is 1. The van der Waals surface area contributed by atoms with Crippen LogP contribution in [0.4, 0.5) is 0 Å². The van der Waals surface area contributed by atoms with Gasteiger partial charge in [0.15, 0.2) is 0 Å². The molecule has 1 aliphatic rings. The highest BCUT2D eigenvalue weighted by Gasteiger charge is 2.27. The SMILES string of the molecule is Cc1cccc(OCC(CN)C2CCN(C)C2)c1. The molecule has 0 aromatic heterocycles.